The smallest absolute Gasteiger partial charge is 0.320 e. The van der Waals surface area contributed by atoms with Crippen LogP contribution in [0.1, 0.15) is 13.3 Å². The zero-order valence-corrected chi connectivity index (χ0v) is 9.35. The van der Waals surface area contributed by atoms with Crippen molar-refractivity contribution in [3.8, 4) is 0 Å². The van der Waals surface area contributed by atoms with E-state index in [1.165, 1.54) is 0 Å². The maximum Gasteiger partial charge on any atom is 0.320 e. The standard InChI is InChI=1S/C10H21N3O2/c1-2-12-5-7-13(8-6-12)4-3-9(11)10(14)15/h9H,2-8,11H2,1H3,(H,14,15). The van der Waals surface area contributed by atoms with Gasteiger partial charge in [0.1, 0.15) is 6.04 Å². The quantitative estimate of drug-likeness (QED) is 0.642. The first-order valence-corrected chi connectivity index (χ1v) is 5.56. The first-order chi connectivity index (χ1) is 7.13. The Hall–Kier alpha value is -0.650. The van der Waals surface area contributed by atoms with Crippen LogP contribution in [0.5, 0.6) is 0 Å². The van der Waals surface area contributed by atoms with E-state index in [2.05, 4.69) is 16.7 Å². The largest absolute Gasteiger partial charge is 0.480 e. The molecular weight excluding hydrogens is 194 g/mol. The molecule has 1 heterocycles. The van der Waals surface area contributed by atoms with E-state index in [0.717, 1.165) is 39.3 Å². The van der Waals surface area contributed by atoms with Crippen LogP contribution in [0.4, 0.5) is 0 Å². The number of rotatable bonds is 5. The maximum atomic E-state index is 10.5. The third kappa shape index (κ3) is 4.15. The molecule has 3 N–H and O–H groups in total. The van der Waals surface area contributed by atoms with Gasteiger partial charge in [-0.15, -0.1) is 0 Å². The summed E-state index contributed by atoms with van der Waals surface area (Å²) in [6.45, 7) is 8.28. The van der Waals surface area contributed by atoms with Crippen LogP contribution < -0.4 is 5.73 Å². The van der Waals surface area contributed by atoms with Crippen LogP contribution in [-0.4, -0.2) is 66.2 Å². The van der Waals surface area contributed by atoms with E-state index >= 15 is 0 Å². The molecule has 0 amide bonds. The fourth-order valence-electron chi connectivity index (χ4n) is 1.77. The molecule has 1 fully saturated rings. The van der Waals surface area contributed by atoms with Gasteiger partial charge in [-0.05, 0) is 13.0 Å². The number of aliphatic carboxylic acids is 1. The number of hydrogen-bond donors (Lipinski definition) is 2. The number of piperazine rings is 1. The van der Waals surface area contributed by atoms with Gasteiger partial charge < -0.3 is 20.6 Å². The molecular formula is C10H21N3O2. The molecule has 1 saturated heterocycles. The van der Waals surface area contributed by atoms with Crippen molar-refractivity contribution in [1.29, 1.82) is 0 Å². The molecule has 5 heteroatoms. The van der Waals surface area contributed by atoms with Gasteiger partial charge in [0.25, 0.3) is 0 Å². The zero-order valence-electron chi connectivity index (χ0n) is 9.35. The van der Waals surface area contributed by atoms with Crippen LogP contribution in [0.2, 0.25) is 0 Å². The van der Waals surface area contributed by atoms with Crippen molar-refractivity contribution in [3.05, 3.63) is 0 Å². The molecule has 0 aliphatic carbocycles. The van der Waals surface area contributed by atoms with Gasteiger partial charge in [-0.3, -0.25) is 4.79 Å². The highest BCUT2D eigenvalue weighted by Crippen LogP contribution is 2.02. The van der Waals surface area contributed by atoms with E-state index in [4.69, 9.17) is 10.8 Å². The number of carboxylic acids is 1. The molecule has 0 aromatic rings. The molecule has 0 aromatic carbocycles. The van der Waals surface area contributed by atoms with E-state index in [-0.39, 0.29) is 0 Å². The minimum absolute atomic E-state index is 0.543. The fraction of sp³-hybridized carbons (Fsp3) is 0.900. The molecule has 1 aliphatic rings. The van der Waals surface area contributed by atoms with Crippen molar-refractivity contribution in [2.75, 3.05) is 39.3 Å². The highest BCUT2D eigenvalue weighted by Gasteiger charge is 2.17. The highest BCUT2D eigenvalue weighted by atomic mass is 16.4. The van der Waals surface area contributed by atoms with E-state index in [9.17, 15) is 4.79 Å². The lowest BCUT2D eigenvalue weighted by Crippen LogP contribution is -2.47. The van der Waals surface area contributed by atoms with Gasteiger partial charge in [0, 0.05) is 32.7 Å². The molecule has 1 aliphatic heterocycles. The lowest BCUT2D eigenvalue weighted by atomic mass is 10.2. The summed E-state index contributed by atoms with van der Waals surface area (Å²) in [5.41, 5.74) is 5.45. The van der Waals surface area contributed by atoms with Crippen molar-refractivity contribution in [1.82, 2.24) is 9.80 Å². The normalized spacial score (nSPS) is 21.5. The SMILES string of the molecule is CCN1CCN(CCC(N)C(=O)O)CC1. The molecule has 0 bridgehead atoms. The Morgan fingerprint density at radius 1 is 1.33 bits per heavy atom. The monoisotopic (exact) mass is 215 g/mol. The van der Waals surface area contributed by atoms with Crippen LogP contribution in [0.25, 0.3) is 0 Å². The van der Waals surface area contributed by atoms with Gasteiger partial charge >= 0.3 is 5.97 Å². The first kappa shape index (κ1) is 12.4. The van der Waals surface area contributed by atoms with Crippen LogP contribution >= 0.6 is 0 Å². The third-order valence-electron chi connectivity index (χ3n) is 2.99. The second-order valence-corrected chi connectivity index (χ2v) is 4.01. The van der Waals surface area contributed by atoms with E-state index in [0.29, 0.717) is 6.42 Å². The summed E-state index contributed by atoms with van der Waals surface area (Å²) in [6.07, 6.45) is 0.543. The summed E-state index contributed by atoms with van der Waals surface area (Å²) in [5.74, 6) is -0.901. The van der Waals surface area contributed by atoms with Crippen molar-refractivity contribution in [3.63, 3.8) is 0 Å². The van der Waals surface area contributed by atoms with Gasteiger partial charge in [0.2, 0.25) is 0 Å². The first-order valence-electron chi connectivity index (χ1n) is 5.56. The van der Waals surface area contributed by atoms with Gasteiger partial charge in [-0.2, -0.15) is 0 Å². The lowest BCUT2D eigenvalue weighted by Gasteiger charge is -2.34. The Morgan fingerprint density at radius 2 is 1.87 bits per heavy atom. The van der Waals surface area contributed by atoms with E-state index < -0.39 is 12.0 Å². The maximum absolute atomic E-state index is 10.5. The van der Waals surface area contributed by atoms with Crippen LogP contribution in [0.3, 0.4) is 0 Å². The molecule has 1 rings (SSSR count). The number of carbonyl (C=O) groups is 1. The number of nitrogens with zero attached hydrogens (tertiary/aromatic N) is 2. The average Bonchev–Trinajstić information content (AvgIpc) is 2.26. The van der Waals surface area contributed by atoms with Gasteiger partial charge in [-0.1, -0.05) is 6.92 Å². The number of nitrogens with two attached hydrogens (primary N) is 1. The second-order valence-electron chi connectivity index (χ2n) is 4.01. The van der Waals surface area contributed by atoms with Crippen molar-refractivity contribution in [2.24, 2.45) is 5.73 Å². The van der Waals surface area contributed by atoms with Crippen molar-refractivity contribution in [2.45, 2.75) is 19.4 Å². The summed E-state index contributed by atoms with van der Waals surface area (Å²) >= 11 is 0. The Bertz CT molecular complexity index is 203. The number of hydrogen-bond acceptors (Lipinski definition) is 4. The van der Waals surface area contributed by atoms with Gasteiger partial charge in [0.15, 0.2) is 0 Å². The summed E-state index contributed by atoms with van der Waals surface area (Å²) in [6, 6.07) is -0.714. The van der Waals surface area contributed by atoms with Gasteiger partial charge in [-0.25, -0.2) is 0 Å². The molecule has 1 unspecified atom stereocenters. The number of carboxylic acid groups (broad SMARTS) is 1. The molecule has 1 atom stereocenters. The zero-order chi connectivity index (χ0) is 11.3. The Balaban J connectivity index is 2.16. The molecule has 0 aromatic heterocycles. The third-order valence-corrected chi connectivity index (χ3v) is 2.99. The van der Waals surface area contributed by atoms with Crippen LogP contribution in [-0.2, 0) is 4.79 Å². The minimum Gasteiger partial charge on any atom is -0.480 e. The topological polar surface area (TPSA) is 69.8 Å². The fourth-order valence-corrected chi connectivity index (χ4v) is 1.77. The minimum atomic E-state index is -0.901. The lowest BCUT2D eigenvalue weighted by molar-refractivity contribution is -0.138. The molecule has 15 heavy (non-hydrogen) atoms. The van der Waals surface area contributed by atoms with Crippen LogP contribution in [0, 0.1) is 0 Å². The highest BCUT2D eigenvalue weighted by molar-refractivity contribution is 5.72. The second kappa shape index (κ2) is 6.05. The predicted molar refractivity (Wildman–Crippen MR) is 58.8 cm³/mol. The van der Waals surface area contributed by atoms with E-state index in [1.807, 2.05) is 0 Å². The number of likely N-dealkylation sites (N-methyl/N-ethyl adjacent to an activating group) is 1. The van der Waals surface area contributed by atoms with Crippen molar-refractivity contribution < 1.29 is 9.90 Å². The summed E-state index contributed by atoms with van der Waals surface area (Å²) < 4.78 is 0. The molecule has 0 spiro atoms. The molecule has 0 saturated carbocycles. The summed E-state index contributed by atoms with van der Waals surface area (Å²) in [5, 5.41) is 8.64. The molecule has 5 nitrogen and oxygen atoms in total. The van der Waals surface area contributed by atoms with Crippen molar-refractivity contribution >= 4 is 5.97 Å². The predicted octanol–water partition coefficient (Wildman–Crippen LogP) is -0.574. The molecule has 0 radical (unpaired) electrons. The average molecular weight is 215 g/mol. The van der Waals surface area contributed by atoms with Crippen LogP contribution in [0.15, 0.2) is 0 Å². The Morgan fingerprint density at radius 3 is 2.33 bits per heavy atom. The molecule has 88 valence electrons. The summed E-state index contributed by atoms with van der Waals surface area (Å²) in [4.78, 5) is 15.2. The summed E-state index contributed by atoms with van der Waals surface area (Å²) in [7, 11) is 0. The Labute approximate surface area is 90.8 Å². The Kier molecular flexibility index (Phi) is 5.01. The van der Waals surface area contributed by atoms with E-state index in [1.54, 1.807) is 0 Å². The van der Waals surface area contributed by atoms with Gasteiger partial charge in [0.05, 0.1) is 0 Å².